The van der Waals surface area contributed by atoms with Crippen molar-refractivity contribution in [1.29, 1.82) is 5.26 Å². The van der Waals surface area contributed by atoms with Gasteiger partial charge in [0, 0.05) is 23.0 Å². The minimum absolute atomic E-state index is 0.531. The maximum atomic E-state index is 10.0. The smallest absolute Gasteiger partial charge is 0.101 e. The summed E-state index contributed by atoms with van der Waals surface area (Å²) in [6, 6.07) is 7.62. The predicted molar refractivity (Wildman–Crippen MR) is 67.9 cm³/mol. The second-order valence-electron chi connectivity index (χ2n) is 3.93. The normalized spacial score (nSPS) is 12.5. The highest BCUT2D eigenvalue weighted by Crippen LogP contribution is 2.28. The van der Waals surface area contributed by atoms with Crippen molar-refractivity contribution in [2.45, 2.75) is 18.9 Å². The standard InChI is InChI=1S/C13H13ClN2O/c14-6-2-5-12(17)11-8-16-13-9(7-15)3-1-4-10(11)13/h1,3-4,8,12,16-17H,2,5-6H2. The Morgan fingerprint density at radius 1 is 1.47 bits per heavy atom. The van der Waals surface area contributed by atoms with Crippen LogP contribution in [0.3, 0.4) is 0 Å². The van der Waals surface area contributed by atoms with Crippen LogP contribution in [0.2, 0.25) is 0 Å². The lowest BCUT2D eigenvalue weighted by atomic mass is 10.0. The van der Waals surface area contributed by atoms with Gasteiger partial charge in [-0.1, -0.05) is 12.1 Å². The van der Waals surface area contributed by atoms with Crippen molar-refractivity contribution in [1.82, 2.24) is 4.98 Å². The third-order valence-electron chi connectivity index (χ3n) is 2.84. The number of H-pyrrole nitrogens is 1. The lowest BCUT2D eigenvalue weighted by Gasteiger charge is -2.08. The molecule has 1 unspecified atom stereocenters. The van der Waals surface area contributed by atoms with Gasteiger partial charge >= 0.3 is 0 Å². The summed E-state index contributed by atoms with van der Waals surface area (Å²) in [5.41, 5.74) is 2.22. The fraction of sp³-hybridized carbons (Fsp3) is 0.308. The second-order valence-corrected chi connectivity index (χ2v) is 4.31. The maximum absolute atomic E-state index is 10.0. The molecule has 0 amide bonds. The zero-order valence-corrected chi connectivity index (χ0v) is 10.0. The van der Waals surface area contributed by atoms with Gasteiger partial charge in [-0.25, -0.2) is 0 Å². The minimum Gasteiger partial charge on any atom is -0.388 e. The van der Waals surface area contributed by atoms with Crippen molar-refractivity contribution in [2.75, 3.05) is 5.88 Å². The van der Waals surface area contributed by atoms with E-state index in [9.17, 15) is 5.11 Å². The number of nitrogens with zero attached hydrogens (tertiary/aromatic N) is 1. The molecule has 0 aliphatic heterocycles. The number of aromatic amines is 1. The van der Waals surface area contributed by atoms with Crippen molar-refractivity contribution < 1.29 is 5.11 Å². The Bertz CT molecular complexity index is 556. The van der Waals surface area contributed by atoms with E-state index in [0.29, 0.717) is 17.9 Å². The van der Waals surface area contributed by atoms with Crippen LogP contribution in [0.5, 0.6) is 0 Å². The summed E-state index contributed by atoms with van der Waals surface area (Å²) in [7, 11) is 0. The quantitative estimate of drug-likeness (QED) is 0.817. The third kappa shape index (κ3) is 2.28. The largest absolute Gasteiger partial charge is 0.388 e. The fourth-order valence-electron chi connectivity index (χ4n) is 1.97. The van der Waals surface area contributed by atoms with Crippen molar-refractivity contribution in [3.05, 3.63) is 35.5 Å². The summed E-state index contributed by atoms with van der Waals surface area (Å²) in [4.78, 5) is 3.05. The van der Waals surface area contributed by atoms with Crippen LogP contribution in [-0.4, -0.2) is 16.0 Å². The molecule has 88 valence electrons. The highest BCUT2D eigenvalue weighted by Gasteiger charge is 2.13. The summed E-state index contributed by atoms with van der Waals surface area (Å²) in [5.74, 6) is 0.545. The van der Waals surface area contributed by atoms with Gasteiger partial charge in [0.1, 0.15) is 6.07 Å². The Morgan fingerprint density at radius 3 is 3.00 bits per heavy atom. The Hall–Kier alpha value is -1.50. The van der Waals surface area contributed by atoms with Gasteiger partial charge in [-0.05, 0) is 18.9 Å². The van der Waals surface area contributed by atoms with Gasteiger partial charge in [0.25, 0.3) is 0 Å². The SMILES string of the molecule is N#Cc1cccc2c(C(O)CCCCl)c[nH]c12. The lowest BCUT2D eigenvalue weighted by molar-refractivity contribution is 0.168. The van der Waals surface area contributed by atoms with E-state index >= 15 is 0 Å². The molecule has 2 N–H and O–H groups in total. The van der Waals surface area contributed by atoms with Crippen LogP contribution in [0.1, 0.15) is 30.1 Å². The van der Waals surface area contributed by atoms with Crippen LogP contribution in [0.25, 0.3) is 10.9 Å². The molecule has 2 rings (SSSR count). The molecule has 1 aromatic carbocycles. The summed E-state index contributed by atoms with van der Waals surface area (Å²) in [5, 5.41) is 19.9. The van der Waals surface area contributed by atoms with Crippen LogP contribution in [0.15, 0.2) is 24.4 Å². The maximum Gasteiger partial charge on any atom is 0.101 e. The molecular formula is C13H13ClN2O. The van der Waals surface area contributed by atoms with Crippen molar-refractivity contribution in [3.8, 4) is 6.07 Å². The molecule has 1 atom stereocenters. The Kier molecular flexibility index (Phi) is 3.68. The molecule has 0 fully saturated rings. The van der Waals surface area contributed by atoms with E-state index in [1.165, 1.54) is 0 Å². The van der Waals surface area contributed by atoms with Gasteiger partial charge in [-0.2, -0.15) is 5.26 Å². The molecular weight excluding hydrogens is 236 g/mol. The van der Waals surface area contributed by atoms with Gasteiger partial charge in [-0.3, -0.25) is 0 Å². The number of nitriles is 1. The Morgan fingerprint density at radius 2 is 2.29 bits per heavy atom. The van der Waals surface area contributed by atoms with E-state index in [4.69, 9.17) is 16.9 Å². The number of nitrogens with one attached hydrogen (secondary N) is 1. The van der Waals surface area contributed by atoms with Crippen molar-refractivity contribution in [2.24, 2.45) is 0 Å². The predicted octanol–water partition coefficient (Wildman–Crippen LogP) is 3.09. The first-order valence-electron chi connectivity index (χ1n) is 5.52. The van der Waals surface area contributed by atoms with E-state index in [0.717, 1.165) is 22.9 Å². The summed E-state index contributed by atoms with van der Waals surface area (Å²) in [6.07, 6.45) is 2.64. The molecule has 0 bridgehead atoms. The highest BCUT2D eigenvalue weighted by molar-refractivity contribution is 6.17. The van der Waals surface area contributed by atoms with E-state index in [1.54, 1.807) is 12.3 Å². The molecule has 0 saturated carbocycles. The molecule has 3 nitrogen and oxygen atoms in total. The topological polar surface area (TPSA) is 59.8 Å². The number of alkyl halides is 1. The molecule has 1 aromatic heterocycles. The zero-order valence-electron chi connectivity index (χ0n) is 9.28. The molecule has 0 radical (unpaired) electrons. The van der Waals surface area contributed by atoms with Crippen LogP contribution >= 0.6 is 11.6 Å². The second kappa shape index (κ2) is 5.22. The number of halogens is 1. The molecule has 0 aliphatic rings. The Balaban J connectivity index is 2.40. The summed E-state index contributed by atoms with van der Waals surface area (Å²) in [6.45, 7) is 0. The first kappa shape index (κ1) is 12.0. The summed E-state index contributed by atoms with van der Waals surface area (Å²) < 4.78 is 0. The van der Waals surface area contributed by atoms with Crippen molar-refractivity contribution in [3.63, 3.8) is 0 Å². The molecule has 4 heteroatoms. The number of fused-ring (bicyclic) bond motifs is 1. The van der Waals surface area contributed by atoms with Gasteiger partial charge in [0.15, 0.2) is 0 Å². The Labute approximate surface area is 105 Å². The average Bonchev–Trinajstić information content (AvgIpc) is 2.79. The first-order valence-corrected chi connectivity index (χ1v) is 6.05. The number of aliphatic hydroxyl groups excluding tert-OH is 1. The van der Waals surface area contributed by atoms with Crippen LogP contribution < -0.4 is 0 Å². The number of hydrogen-bond donors (Lipinski definition) is 2. The molecule has 1 heterocycles. The van der Waals surface area contributed by atoms with Gasteiger partial charge in [0.2, 0.25) is 0 Å². The van der Waals surface area contributed by atoms with E-state index in [2.05, 4.69) is 11.1 Å². The third-order valence-corrected chi connectivity index (χ3v) is 3.11. The van der Waals surface area contributed by atoms with Gasteiger partial charge in [0.05, 0.1) is 17.2 Å². The molecule has 17 heavy (non-hydrogen) atoms. The van der Waals surface area contributed by atoms with Crippen LogP contribution in [-0.2, 0) is 0 Å². The van der Waals surface area contributed by atoms with Gasteiger partial charge < -0.3 is 10.1 Å². The van der Waals surface area contributed by atoms with Crippen molar-refractivity contribution >= 4 is 22.5 Å². The molecule has 0 aliphatic carbocycles. The molecule has 2 aromatic rings. The minimum atomic E-state index is -0.531. The monoisotopic (exact) mass is 248 g/mol. The highest BCUT2D eigenvalue weighted by atomic mass is 35.5. The van der Waals surface area contributed by atoms with Crippen LogP contribution in [0.4, 0.5) is 0 Å². The number of rotatable bonds is 4. The van der Waals surface area contributed by atoms with E-state index < -0.39 is 6.10 Å². The number of para-hydroxylation sites is 1. The molecule has 0 saturated heterocycles. The summed E-state index contributed by atoms with van der Waals surface area (Å²) >= 11 is 5.61. The fourth-order valence-corrected chi connectivity index (χ4v) is 2.13. The number of benzene rings is 1. The lowest BCUT2D eigenvalue weighted by Crippen LogP contribution is -1.96. The van der Waals surface area contributed by atoms with Crippen LogP contribution in [0, 0.1) is 11.3 Å². The number of hydrogen-bond acceptors (Lipinski definition) is 2. The number of aliphatic hydroxyl groups is 1. The average molecular weight is 249 g/mol. The number of aromatic nitrogens is 1. The van der Waals surface area contributed by atoms with Gasteiger partial charge in [-0.15, -0.1) is 11.6 Å². The van der Waals surface area contributed by atoms with E-state index in [-0.39, 0.29) is 0 Å². The molecule has 0 spiro atoms. The zero-order chi connectivity index (χ0) is 12.3. The van der Waals surface area contributed by atoms with E-state index in [1.807, 2.05) is 12.1 Å². The first-order chi connectivity index (χ1) is 8.27.